The van der Waals surface area contributed by atoms with Gasteiger partial charge in [0.1, 0.15) is 0 Å². The van der Waals surface area contributed by atoms with Crippen molar-refractivity contribution in [3.8, 4) is 0 Å². The normalized spacial score (nSPS) is 14.1. The lowest BCUT2D eigenvalue weighted by Crippen LogP contribution is -2.13. The van der Waals surface area contributed by atoms with Gasteiger partial charge in [-0.05, 0) is 25.2 Å². The molecule has 0 saturated carbocycles. The number of hydrogen-bond acceptors (Lipinski definition) is 2. The van der Waals surface area contributed by atoms with Crippen molar-refractivity contribution in [2.24, 2.45) is 11.8 Å². The van der Waals surface area contributed by atoms with Crippen LogP contribution in [0.2, 0.25) is 0 Å². The highest BCUT2D eigenvalue weighted by molar-refractivity contribution is 5.98. The van der Waals surface area contributed by atoms with Crippen LogP contribution in [-0.2, 0) is 9.59 Å². The molecule has 0 saturated heterocycles. The quantitative estimate of drug-likeness (QED) is 0.468. The molecule has 2 N–H and O–H groups in total. The Balaban J connectivity index is 4.55. The summed E-state index contributed by atoms with van der Waals surface area (Å²) in [5, 5.41) is 18.1. The summed E-state index contributed by atoms with van der Waals surface area (Å²) in [6.45, 7) is 7.79. The van der Waals surface area contributed by atoms with E-state index in [2.05, 4.69) is 13.8 Å². The van der Waals surface area contributed by atoms with E-state index in [0.29, 0.717) is 12.3 Å². The molecule has 0 heterocycles. The van der Waals surface area contributed by atoms with Gasteiger partial charge in [0.2, 0.25) is 0 Å². The second kappa shape index (κ2) is 9.56. The van der Waals surface area contributed by atoms with Gasteiger partial charge in [0.25, 0.3) is 0 Å². The summed E-state index contributed by atoms with van der Waals surface area (Å²) in [5.74, 6) is -1.30. The molecule has 4 nitrogen and oxygen atoms in total. The third-order valence-corrected chi connectivity index (χ3v) is 3.75. The SMILES string of the molecule is CCC(CCCCC(C)C)C/C(C(=O)O)=C(/C)C(=O)O. The number of rotatable bonds is 10. The predicted octanol–water partition coefficient (Wildman–Crippen LogP) is 4.10. The minimum atomic E-state index is -1.14. The first-order valence-electron chi connectivity index (χ1n) is 7.45. The zero-order valence-electron chi connectivity index (χ0n) is 13.1. The van der Waals surface area contributed by atoms with Crippen LogP contribution in [0, 0.1) is 11.8 Å². The summed E-state index contributed by atoms with van der Waals surface area (Å²) in [6.07, 6.45) is 5.62. The Morgan fingerprint density at radius 3 is 1.95 bits per heavy atom. The number of aliphatic carboxylic acids is 2. The highest BCUT2D eigenvalue weighted by atomic mass is 16.4. The number of hydrogen-bond donors (Lipinski definition) is 2. The molecule has 116 valence electrons. The zero-order chi connectivity index (χ0) is 15.7. The maximum atomic E-state index is 11.2. The molecule has 0 radical (unpaired) electrons. The van der Waals surface area contributed by atoms with Crippen molar-refractivity contribution in [1.82, 2.24) is 0 Å². The first kappa shape index (κ1) is 18.7. The number of carboxylic acids is 2. The second-order valence-electron chi connectivity index (χ2n) is 5.87. The molecular weight excluding hydrogens is 256 g/mol. The van der Waals surface area contributed by atoms with Crippen LogP contribution in [0.4, 0.5) is 0 Å². The van der Waals surface area contributed by atoms with Crippen LogP contribution >= 0.6 is 0 Å². The standard InChI is InChI=1S/C16H28O4/c1-5-13(9-7-6-8-11(2)3)10-14(16(19)20)12(4)15(17)18/h11,13H,5-10H2,1-4H3,(H,17,18)(H,19,20)/b14-12+. The van der Waals surface area contributed by atoms with Gasteiger partial charge in [0, 0.05) is 11.1 Å². The smallest absolute Gasteiger partial charge is 0.332 e. The molecule has 0 aromatic rings. The molecule has 0 aromatic heterocycles. The summed E-state index contributed by atoms with van der Waals surface area (Å²) < 4.78 is 0. The van der Waals surface area contributed by atoms with E-state index in [1.165, 1.54) is 13.3 Å². The molecule has 20 heavy (non-hydrogen) atoms. The molecule has 0 spiro atoms. The molecule has 0 aliphatic carbocycles. The van der Waals surface area contributed by atoms with Crippen molar-refractivity contribution in [3.05, 3.63) is 11.1 Å². The van der Waals surface area contributed by atoms with Crippen LogP contribution in [0.3, 0.4) is 0 Å². The van der Waals surface area contributed by atoms with E-state index in [-0.39, 0.29) is 17.1 Å². The largest absolute Gasteiger partial charge is 0.478 e. The fraction of sp³-hybridized carbons (Fsp3) is 0.750. The molecule has 0 amide bonds. The second-order valence-corrected chi connectivity index (χ2v) is 5.87. The van der Waals surface area contributed by atoms with Crippen molar-refractivity contribution in [2.75, 3.05) is 0 Å². The number of unbranched alkanes of at least 4 members (excludes halogenated alkanes) is 1. The van der Waals surface area contributed by atoms with Crippen molar-refractivity contribution >= 4 is 11.9 Å². The van der Waals surface area contributed by atoms with E-state index in [0.717, 1.165) is 25.7 Å². The molecule has 0 aliphatic rings. The highest BCUT2D eigenvalue weighted by Gasteiger charge is 2.20. The van der Waals surface area contributed by atoms with Gasteiger partial charge in [-0.15, -0.1) is 0 Å². The van der Waals surface area contributed by atoms with Gasteiger partial charge in [0.05, 0.1) is 0 Å². The van der Waals surface area contributed by atoms with Crippen LogP contribution in [-0.4, -0.2) is 22.2 Å². The van der Waals surface area contributed by atoms with Crippen LogP contribution < -0.4 is 0 Å². The molecule has 0 aromatic carbocycles. The van der Waals surface area contributed by atoms with Gasteiger partial charge in [-0.25, -0.2) is 9.59 Å². The minimum absolute atomic E-state index is 0.0434. The van der Waals surface area contributed by atoms with Gasteiger partial charge >= 0.3 is 11.9 Å². The van der Waals surface area contributed by atoms with Crippen LogP contribution in [0.5, 0.6) is 0 Å². The molecular formula is C16H28O4. The Labute approximate surface area is 121 Å². The Bertz CT molecular complexity index is 355. The molecule has 1 unspecified atom stereocenters. The molecule has 0 rings (SSSR count). The van der Waals surface area contributed by atoms with E-state index in [9.17, 15) is 9.59 Å². The maximum Gasteiger partial charge on any atom is 0.332 e. The molecule has 0 bridgehead atoms. The van der Waals surface area contributed by atoms with Gasteiger partial charge in [0.15, 0.2) is 0 Å². The average molecular weight is 284 g/mol. The predicted molar refractivity (Wildman–Crippen MR) is 79.7 cm³/mol. The third-order valence-electron chi connectivity index (χ3n) is 3.75. The zero-order valence-corrected chi connectivity index (χ0v) is 13.1. The van der Waals surface area contributed by atoms with E-state index >= 15 is 0 Å². The topological polar surface area (TPSA) is 74.6 Å². The lowest BCUT2D eigenvalue weighted by Gasteiger charge is -2.16. The van der Waals surface area contributed by atoms with Crippen molar-refractivity contribution in [3.63, 3.8) is 0 Å². The maximum absolute atomic E-state index is 11.2. The summed E-state index contributed by atoms with van der Waals surface area (Å²) in [5.41, 5.74) is 0.00587. The number of carboxylic acid groups (broad SMARTS) is 2. The van der Waals surface area contributed by atoms with Crippen LogP contribution in [0.25, 0.3) is 0 Å². The van der Waals surface area contributed by atoms with Gasteiger partial charge in [-0.1, -0.05) is 52.9 Å². The summed E-state index contributed by atoms with van der Waals surface area (Å²) in [4.78, 5) is 22.1. The van der Waals surface area contributed by atoms with Crippen LogP contribution in [0.1, 0.15) is 66.2 Å². The fourth-order valence-electron chi connectivity index (χ4n) is 2.25. The molecule has 1 atom stereocenters. The highest BCUT2D eigenvalue weighted by Crippen LogP contribution is 2.24. The first-order chi connectivity index (χ1) is 9.29. The van der Waals surface area contributed by atoms with Crippen molar-refractivity contribution < 1.29 is 19.8 Å². The fourth-order valence-corrected chi connectivity index (χ4v) is 2.25. The molecule has 0 fully saturated rings. The van der Waals surface area contributed by atoms with Crippen LogP contribution in [0.15, 0.2) is 11.1 Å². The molecule has 0 aliphatic heterocycles. The third kappa shape index (κ3) is 7.31. The van der Waals surface area contributed by atoms with Gasteiger partial charge in [-0.3, -0.25) is 0 Å². The first-order valence-corrected chi connectivity index (χ1v) is 7.45. The molecule has 4 heteroatoms. The summed E-state index contributed by atoms with van der Waals surface area (Å²) in [6, 6.07) is 0. The number of carbonyl (C=O) groups is 2. The Morgan fingerprint density at radius 2 is 1.55 bits per heavy atom. The van der Waals surface area contributed by atoms with E-state index in [4.69, 9.17) is 10.2 Å². The minimum Gasteiger partial charge on any atom is -0.478 e. The summed E-state index contributed by atoms with van der Waals surface area (Å²) >= 11 is 0. The van der Waals surface area contributed by atoms with E-state index in [1.807, 2.05) is 6.92 Å². The average Bonchev–Trinajstić information content (AvgIpc) is 2.36. The Hall–Kier alpha value is -1.32. The van der Waals surface area contributed by atoms with E-state index in [1.54, 1.807) is 0 Å². The lowest BCUT2D eigenvalue weighted by atomic mass is 9.89. The van der Waals surface area contributed by atoms with Crippen molar-refractivity contribution in [1.29, 1.82) is 0 Å². The van der Waals surface area contributed by atoms with Crippen molar-refractivity contribution in [2.45, 2.75) is 66.2 Å². The Kier molecular flexibility index (Phi) is 8.93. The lowest BCUT2D eigenvalue weighted by molar-refractivity contribution is -0.136. The van der Waals surface area contributed by atoms with Gasteiger partial charge < -0.3 is 10.2 Å². The van der Waals surface area contributed by atoms with Gasteiger partial charge in [-0.2, -0.15) is 0 Å². The monoisotopic (exact) mass is 284 g/mol. The summed E-state index contributed by atoms with van der Waals surface area (Å²) in [7, 11) is 0. The Morgan fingerprint density at radius 1 is 1.00 bits per heavy atom. The van der Waals surface area contributed by atoms with E-state index < -0.39 is 11.9 Å².